The Kier molecular flexibility index (Phi) is 6.71. The molecule has 2 aromatic heterocycles. The highest BCUT2D eigenvalue weighted by Gasteiger charge is 2.24. The fraction of sp³-hybridized carbons (Fsp3) is 0.333. The van der Waals surface area contributed by atoms with E-state index in [2.05, 4.69) is 20.2 Å². The number of hydrogen-bond acceptors (Lipinski definition) is 7. The van der Waals surface area contributed by atoms with Crippen LogP contribution < -0.4 is 16.0 Å². The van der Waals surface area contributed by atoms with Crippen molar-refractivity contribution in [3.05, 3.63) is 53.8 Å². The zero-order chi connectivity index (χ0) is 21.7. The van der Waals surface area contributed by atoms with Crippen LogP contribution in [0.2, 0.25) is 0 Å². The third-order valence-electron chi connectivity index (χ3n) is 4.96. The lowest BCUT2D eigenvalue weighted by Gasteiger charge is -2.34. The molecule has 0 spiro atoms. The highest BCUT2D eigenvalue weighted by Crippen LogP contribution is 2.28. The molecule has 0 saturated carbocycles. The first-order valence-electron chi connectivity index (χ1n) is 9.69. The smallest absolute Gasteiger partial charge is 0.156 e. The van der Waals surface area contributed by atoms with Gasteiger partial charge in [-0.15, -0.1) is 0 Å². The van der Waals surface area contributed by atoms with Gasteiger partial charge < -0.3 is 21.4 Å². The molecule has 1 aliphatic rings. The van der Waals surface area contributed by atoms with Gasteiger partial charge in [-0.3, -0.25) is 4.98 Å². The van der Waals surface area contributed by atoms with Gasteiger partial charge in [0.25, 0.3) is 0 Å². The normalized spacial score (nSPS) is 17.1. The highest BCUT2D eigenvalue weighted by molar-refractivity contribution is 6.09. The van der Waals surface area contributed by atoms with Gasteiger partial charge in [0, 0.05) is 55.1 Å². The summed E-state index contributed by atoms with van der Waals surface area (Å²) in [6.07, 6.45) is 8.14. The van der Waals surface area contributed by atoms with E-state index in [1.54, 1.807) is 25.4 Å². The van der Waals surface area contributed by atoms with Gasteiger partial charge in [-0.1, -0.05) is 0 Å². The Morgan fingerprint density at radius 2 is 1.97 bits per heavy atom. The summed E-state index contributed by atoms with van der Waals surface area (Å²) in [6.45, 7) is 4.14. The molecule has 7 nitrogen and oxygen atoms in total. The number of piperidine rings is 1. The first-order valence-corrected chi connectivity index (χ1v) is 9.69. The number of hydrogen-bond donors (Lipinski definition) is 3. The first-order chi connectivity index (χ1) is 14.4. The molecule has 1 fully saturated rings. The van der Waals surface area contributed by atoms with Crippen LogP contribution in [-0.2, 0) is 0 Å². The number of nitrogens with one attached hydrogen (secondary N) is 2. The van der Waals surface area contributed by atoms with Crippen molar-refractivity contribution in [2.75, 3.05) is 18.0 Å². The van der Waals surface area contributed by atoms with Crippen LogP contribution in [-0.4, -0.2) is 40.3 Å². The van der Waals surface area contributed by atoms with E-state index < -0.39 is 11.7 Å². The van der Waals surface area contributed by atoms with Crippen LogP contribution in [0.1, 0.15) is 32.4 Å². The Morgan fingerprint density at radius 1 is 1.23 bits per heavy atom. The molecule has 0 aliphatic carbocycles. The van der Waals surface area contributed by atoms with Gasteiger partial charge in [0.1, 0.15) is 17.0 Å². The highest BCUT2D eigenvalue weighted by atomic mass is 19.1. The van der Waals surface area contributed by atoms with E-state index in [1.165, 1.54) is 13.1 Å². The van der Waals surface area contributed by atoms with Crippen molar-refractivity contribution in [3.8, 4) is 0 Å². The van der Waals surface area contributed by atoms with Crippen molar-refractivity contribution in [2.45, 2.75) is 32.7 Å². The summed E-state index contributed by atoms with van der Waals surface area (Å²) >= 11 is 0. The molecular formula is C21H25F2N7. The average molecular weight is 413 g/mol. The van der Waals surface area contributed by atoms with Crippen molar-refractivity contribution in [1.82, 2.24) is 20.3 Å². The van der Waals surface area contributed by atoms with E-state index in [0.717, 1.165) is 25.1 Å². The number of anilines is 1. The Labute approximate surface area is 173 Å². The standard InChI is InChI=1S/C21H25F2N7/c1-13(22)9-17(23)14(2)27-16-4-7-30(8-5-16)21-20(15(10-24)11-25)28-19-12-26-6-3-18(19)29-21/h3,6,9-12,16,24,27H,4-5,7-8,25H2,1-2H3/b13-9+,15-11+,17-14-,24-10?. The molecule has 9 heteroatoms. The van der Waals surface area contributed by atoms with Crippen LogP contribution in [0.25, 0.3) is 16.6 Å². The molecule has 0 radical (unpaired) electrons. The summed E-state index contributed by atoms with van der Waals surface area (Å²) in [6, 6.07) is 1.85. The molecule has 1 aliphatic heterocycles. The van der Waals surface area contributed by atoms with Gasteiger partial charge in [-0.25, -0.2) is 18.7 Å². The minimum Gasteiger partial charge on any atom is -0.404 e. The number of allylic oxidation sites excluding steroid dienone is 5. The topological polar surface area (TPSA) is 104 Å². The Morgan fingerprint density at radius 3 is 2.60 bits per heavy atom. The van der Waals surface area contributed by atoms with Gasteiger partial charge in [0.2, 0.25) is 0 Å². The maximum absolute atomic E-state index is 13.9. The van der Waals surface area contributed by atoms with Crippen molar-refractivity contribution in [1.29, 1.82) is 5.41 Å². The minimum absolute atomic E-state index is 0.0636. The Balaban J connectivity index is 1.82. The van der Waals surface area contributed by atoms with E-state index in [0.29, 0.717) is 46.9 Å². The van der Waals surface area contributed by atoms with E-state index in [4.69, 9.17) is 16.1 Å². The van der Waals surface area contributed by atoms with E-state index >= 15 is 0 Å². The van der Waals surface area contributed by atoms with Gasteiger partial charge >= 0.3 is 0 Å². The van der Waals surface area contributed by atoms with Crippen LogP contribution in [0.5, 0.6) is 0 Å². The molecule has 4 N–H and O–H groups in total. The molecule has 30 heavy (non-hydrogen) atoms. The van der Waals surface area contributed by atoms with Crippen LogP contribution in [0.4, 0.5) is 14.6 Å². The zero-order valence-corrected chi connectivity index (χ0v) is 17.0. The molecule has 3 rings (SSSR count). The minimum atomic E-state index is -0.600. The fourth-order valence-corrected chi connectivity index (χ4v) is 3.40. The maximum Gasteiger partial charge on any atom is 0.156 e. The molecule has 0 atom stereocenters. The van der Waals surface area contributed by atoms with Gasteiger partial charge in [0.15, 0.2) is 5.82 Å². The van der Waals surface area contributed by atoms with E-state index in [9.17, 15) is 8.78 Å². The lowest BCUT2D eigenvalue weighted by molar-refractivity contribution is 0.436. The number of aromatic nitrogens is 3. The lowest BCUT2D eigenvalue weighted by atomic mass is 10.0. The molecule has 1 saturated heterocycles. The average Bonchev–Trinajstić information content (AvgIpc) is 2.74. The zero-order valence-electron chi connectivity index (χ0n) is 17.0. The summed E-state index contributed by atoms with van der Waals surface area (Å²) in [5, 5.41) is 10.8. The number of nitrogens with zero attached hydrogens (tertiary/aromatic N) is 4. The number of fused-ring (bicyclic) bond motifs is 1. The summed E-state index contributed by atoms with van der Waals surface area (Å²) in [5.41, 5.74) is 8.36. The summed E-state index contributed by atoms with van der Waals surface area (Å²) in [5.74, 6) is -0.518. The molecule has 158 valence electrons. The second kappa shape index (κ2) is 9.43. The molecule has 3 heterocycles. The summed E-state index contributed by atoms with van der Waals surface area (Å²) in [4.78, 5) is 15.6. The SMILES string of the molecule is C/C(NC1CCN(c2nc3ccncc3nc2/C(C=N)=C/N)CC1)=C(F)\C=C(/C)F. The number of nitrogens with two attached hydrogens (primary N) is 1. The van der Waals surface area contributed by atoms with Crippen LogP contribution in [0, 0.1) is 5.41 Å². The first kappa shape index (κ1) is 21.4. The number of rotatable bonds is 6. The monoisotopic (exact) mass is 413 g/mol. The quantitative estimate of drug-likeness (QED) is 0.494. The second-order valence-electron chi connectivity index (χ2n) is 7.14. The molecular weight excluding hydrogens is 388 g/mol. The van der Waals surface area contributed by atoms with Crippen molar-refractivity contribution >= 4 is 28.6 Å². The predicted molar refractivity (Wildman–Crippen MR) is 115 cm³/mol. The van der Waals surface area contributed by atoms with E-state index in [-0.39, 0.29) is 6.04 Å². The fourth-order valence-electron chi connectivity index (χ4n) is 3.40. The van der Waals surface area contributed by atoms with Crippen molar-refractivity contribution in [3.63, 3.8) is 0 Å². The Bertz CT molecular complexity index is 1020. The maximum atomic E-state index is 13.9. The molecule has 0 amide bonds. The van der Waals surface area contributed by atoms with Crippen molar-refractivity contribution < 1.29 is 8.78 Å². The van der Waals surface area contributed by atoms with Crippen molar-refractivity contribution in [2.24, 2.45) is 5.73 Å². The van der Waals surface area contributed by atoms with Gasteiger partial charge in [-0.05, 0) is 32.8 Å². The number of halogens is 2. The molecule has 0 bridgehead atoms. The van der Waals surface area contributed by atoms with Gasteiger partial charge in [0.05, 0.1) is 17.5 Å². The van der Waals surface area contributed by atoms with Crippen LogP contribution in [0.15, 0.2) is 48.1 Å². The van der Waals surface area contributed by atoms with Crippen LogP contribution >= 0.6 is 0 Å². The Hall–Kier alpha value is -3.36. The third kappa shape index (κ3) is 4.79. The predicted octanol–water partition coefficient (Wildman–Crippen LogP) is 3.61. The lowest BCUT2D eigenvalue weighted by Crippen LogP contribution is -2.42. The molecule has 2 aromatic rings. The molecule has 0 unspecified atom stereocenters. The molecule has 0 aromatic carbocycles. The van der Waals surface area contributed by atoms with E-state index in [1.807, 2.05) is 0 Å². The van der Waals surface area contributed by atoms with Gasteiger partial charge in [-0.2, -0.15) is 0 Å². The number of pyridine rings is 1. The largest absolute Gasteiger partial charge is 0.404 e. The second-order valence-corrected chi connectivity index (χ2v) is 7.14. The van der Waals surface area contributed by atoms with Crippen LogP contribution in [0.3, 0.4) is 0 Å². The summed E-state index contributed by atoms with van der Waals surface area (Å²) < 4.78 is 26.8. The summed E-state index contributed by atoms with van der Waals surface area (Å²) in [7, 11) is 0. The third-order valence-corrected chi connectivity index (χ3v) is 4.96.